The Labute approximate surface area is 108 Å². The quantitative estimate of drug-likeness (QED) is 0.871. The molecule has 1 aromatic carbocycles. The molecule has 0 aliphatic rings. The van der Waals surface area contributed by atoms with Crippen molar-refractivity contribution in [1.82, 2.24) is 4.98 Å². The van der Waals surface area contributed by atoms with Crippen molar-refractivity contribution in [1.29, 1.82) is 0 Å². The van der Waals surface area contributed by atoms with E-state index in [2.05, 4.69) is 10.3 Å². The maximum atomic E-state index is 12.6. The zero-order valence-electron chi connectivity index (χ0n) is 10.1. The number of hydrogen-bond acceptors (Lipinski definition) is 3. The average molecular weight is 267 g/mol. The van der Waals surface area contributed by atoms with Gasteiger partial charge in [-0.3, -0.25) is 0 Å². The van der Waals surface area contributed by atoms with Crippen molar-refractivity contribution < 1.29 is 13.2 Å². The molecule has 1 heterocycles. The summed E-state index contributed by atoms with van der Waals surface area (Å²) < 4.78 is 37.9. The van der Waals surface area contributed by atoms with E-state index in [1.54, 1.807) is 12.1 Å². The van der Waals surface area contributed by atoms with Crippen LogP contribution in [0.15, 0.2) is 36.4 Å². The van der Waals surface area contributed by atoms with Gasteiger partial charge in [-0.1, -0.05) is 17.7 Å². The smallest absolute Gasteiger partial charge is 0.384 e. The normalized spacial score (nSPS) is 11.4. The van der Waals surface area contributed by atoms with Crippen LogP contribution in [-0.4, -0.2) is 4.98 Å². The first kappa shape index (κ1) is 13.2. The van der Waals surface area contributed by atoms with Crippen LogP contribution in [0.25, 0.3) is 0 Å². The molecule has 0 saturated heterocycles. The largest absolute Gasteiger partial charge is 0.416 e. The summed E-state index contributed by atoms with van der Waals surface area (Å²) in [5.41, 5.74) is 6.27. The molecule has 0 aliphatic carbocycles. The molecule has 100 valence electrons. The van der Waals surface area contributed by atoms with Crippen molar-refractivity contribution in [2.75, 3.05) is 11.1 Å². The van der Waals surface area contributed by atoms with Gasteiger partial charge < -0.3 is 11.1 Å². The molecule has 0 amide bonds. The molecule has 2 aromatic rings. The van der Waals surface area contributed by atoms with Crippen molar-refractivity contribution in [2.45, 2.75) is 13.1 Å². The molecule has 3 N–H and O–H groups in total. The highest BCUT2D eigenvalue weighted by Crippen LogP contribution is 2.32. The molecule has 0 saturated carbocycles. The van der Waals surface area contributed by atoms with Gasteiger partial charge >= 0.3 is 6.18 Å². The lowest BCUT2D eigenvalue weighted by atomic mass is 10.2. The maximum absolute atomic E-state index is 12.6. The summed E-state index contributed by atoms with van der Waals surface area (Å²) in [5.74, 6) is -0.111. The fraction of sp³-hybridized carbons (Fsp3) is 0.154. The number of hydrogen-bond donors (Lipinski definition) is 2. The van der Waals surface area contributed by atoms with Crippen LogP contribution in [-0.2, 0) is 6.18 Å². The van der Waals surface area contributed by atoms with Gasteiger partial charge in [-0.15, -0.1) is 0 Å². The monoisotopic (exact) mass is 267 g/mol. The van der Waals surface area contributed by atoms with Crippen LogP contribution >= 0.6 is 0 Å². The van der Waals surface area contributed by atoms with Gasteiger partial charge in [0.15, 0.2) is 0 Å². The van der Waals surface area contributed by atoms with Crippen LogP contribution in [0, 0.1) is 6.92 Å². The molecule has 0 aliphatic heterocycles. The summed E-state index contributed by atoms with van der Waals surface area (Å²) in [6.45, 7) is 1.92. The molecule has 3 nitrogen and oxygen atoms in total. The van der Waals surface area contributed by atoms with Crippen LogP contribution in [0.1, 0.15) is 11.1 Å². The number of nitrogen functional groups attached to an aromatic ring is 1. The van der Waals surface area contributed by atoms with E-state index in [0.29, 0.717) is 5.69 Å². The summed E-state index contributed by atoms with van der Waals surface area (Å²) in [5, 5.41) is 2.79. The predicted molar refractivity (Wildman–Crippen MR) is 68.1 cm³/mol. The van der Waals surface area contributed by atoms with E-state index in [9.17, 15) is 13.2 Å². The third-order valence-corrected chi connectivity index (χ3v) is 2.50. The number of nitrogens with zero attached hydrogens (tertiary/aromatic N) is 1. The number of nitrogens with two attached hydrogens (primary N) is 1. The van der Waals surface area contributed by atoms with Gasteiger partial charge in [0.2, 0.25) is 0 Å². The van der Waals surface area contributed by atoms with Crippen molar-refractivity contribution >= 4 is 17.3 Å². The fourth-order valence-corrected chi connectivity index (χ4v) is 1.56. The Bertz CT molecular complexity index is 577. The Morgan fingerprint density at radius 3 is 2.32 bits per heavy atom. The van der Waals surface area contributed by atoms with E-state index in [0.717, 1.165) is 17.7 Å². The zero-order valence-corrected chi connectivity index (χ0v) is 10.1. The molecule has 2 rings (SSSR count). The topological polar surface area (TPSA) is 50.9 Å². The lowest BCUT2D eigenvalue weighted by molar-refractivity contribution is -0.137. The summed E-state index contributed by atoms with van der Waals surface area (Å²) in [6.07, 6.45) is -4.44. The minimum absolute atomic E-state index is 0.0659. The first-order chi connectivity index (χ1) is 8.84. The molecule has 0 atom stereocenters. The highest BCUT2D eigenvalue weighted by Gasteiger charge is 2.31. The second-order valence-electron chi connectivity index (χ2n) is 4.15. The molecule has 1 aromatic heterocycles. The van der Waals surface area contributed by atoms with E-state index < -0.39 is 11.7 Å². The number of benzene rings is 1. The number of halogens is 3. The SMILES string of the molecule is Cc1ccc(Nc2cc(C(F)(F)F)cc(N)n2)cc1. The van der Waals surface area contributed by atoms with Gasteiger partial charge in [0.1, 0.15) is 11.6 Å². The van der Waals surface area contributed by atoms with Crippen molar-refractivity contribution in [3.63, 3.8) is 0 Å². The maximum Gasteiger partial charge on any atom is 0.416 e. The van der Waals surface area contributed by atoms with Gasteiger partial charge in [0.25, 0.3) is 0 Å². The molecule has 0 radical (unpaired) electrons. The number of rotatable bonds is 2. The highest BCUT2D eigenvalue weighted by atomic mass is 19.4. The summed E-state index contributed by atoms with van der Waals surface area (Å²) in [6, 6.07) is 8.94. The first-order valence-electron chi connectivity index (χ1n) is 5.53. The number of alkyl halides is 3. The number of anilines is 3. The van der Waals surface area contributed by atoms with Gasteiger partial charge in [0, 0.05) is 5.69 Å². The second kappa shape index (κ2) is 4.79. The number of pyridine rings is 1. The van der Waals surface area contributed by atoms with Gasteiger partial charge in [-0.25, -0.2) is 4.98 Å². The minimum atomic E-state index is -4.44. The Morgan fingerprint density at radius 1 is 1.11 bits per heavy atom. The van der Waals surface area contributed by atoms with Crippen LogP contribution in [0.3, 0.4) is 0 Å². The molecule has 0 fully saturated rings. The third kappa shape index (κ3) is 3.37. The second-order valence-corrected chi connectivity index (χ2v) is 4.15. The summed E-state index contributed by atoms with van der Waals surface area (Å²) in [4.78, 5) is 3.83. The highest BCUT2D eigenvalue weighted by molar-refractivity contribution is 5.59. The van der Waals surface area contributed by atoms with E-state index in [1.165, 1.54) is 0 Å². The Morgan fingerprint density at radius 2 is 1.74 bits per heavy atom. The van der Waals surface area contributed by atoms with Crippen LogP contribution < -0.4 is 11.1 Å². The zero-order chi connectivity index (χ0) is 14.0. The number of aryl methyl sites for hydroxylation is 1. The Balaban J connectivity index is 2.30. The summed E-state index contributed by atoms with van der Waals surface area (Å²) >= 11 is 0. The van der Waals surface area contributed by atoms with Crippen molar-refractivity contribution in [3.8, 4) is 0 Å². The molecule has 19 heavy (non-hydrogen) atoms. The van der Waals surface area contributed by atoms with Gasteiger partial charge in [-0.2, -0.15) is 13.2 Å². The fourth-order valence-electron chi connectivity index (χ4n) is 1.56. The van der Waals surface area contributed by atoms with Gasteiger partial charge in [0.05, 0.1) is 5.56 Å². The lowest BCUT2D eigenvalue weighted by Crippen LogP contribution is -2.08. The summed E-state index contributed by atoms with van der Waals surface area (Å²) in [7, 11) is 0. The predicted octanol–water partition coefficient (Wildman–Crippen LogP) is 3.73. The van der Waals surface area contributed by atoms with Crippen LogP contribution in [0.4, 0.5) is 30.5 Å². The lowest BCUT2D eigenvalue weighted by Gasteiger charge is -2.11. The molecular weight excluding hydrogens is 255 g/mol. The molecule has 0 unspecified atom stereocenters. The molecule has 6 heteroatoms. The first-order valence-corrected chi connectivity index (χ1v) is 5.53. The van der Waals surface area contributed by atoms with E-state index in [-0.39, 0.29) is 11.6 Å². The average Bonchev–Trinajstić information content (AvgIpc) is 2.30. The minimum Gasteiger partial charge on any atom is -0.384 e. The van der Waals surface area contributed by atoms with E-state index >= 15 is 0 Å². The Hall–Kier alpha value is -2.24. The Kier molecular flexibility index (Phi) is 3.33. The van der Waals surface area contributed by atoms with Crippen LogP contribution in [0.2, 0.25) is 0 Å². The van der Waals surface area contributed by atoms with E-state index in [4.69, 9.17) is 5.73 Å². The van der Waals surface area contributed by atoms with Crippen molar-refractivity contribution in [2.24, 2.45) is 0 Å². The number of nitrogens with one attached hydrogen (secondary N) is 1. The van der Waals surface area contributed by atoms with Gasteiger partial charge in [-0.05, 0) is 31.2 Å². The molecule has 0 spiro atoms. The molecule has 0 bridgehead atoms. The standard InChI is InChI=1S/C13H12F3N3/c1-8-2-4-10(5-3-8)18-12-7-9(13(14,15)16)6-11(17)19-12/h2-7H,1H3,(H3,17,18,19). The number of aromatic nitrogens is 1. The van der Waals surface area contributed by atoms with E-state index in [1.807, 2.05) is 19.1 Å². The molecular formula is C13H12F3N3. The van der Waals surface area contributed by atoms with Crippen molar-refractivity contribution in [3.05, 3.63) is 47.5 Å². The van der Waals surface area contributed by atoms with Crippen LogP contribution in [0.5, 0.6) is 0 Å². The third-order valence-electron chi connectivity index (χ3n) is 2.50.